The molecule has 0 bridgehead atoms. The molecule has 3 nitrogen and oxygen atoms in total. The van der Waals surface area contributed by atoms with E-state index in [4.69, 9.17) is 21.8 Å². The fraction of sp³-hybridized carbons (Fsp3) is 0.400. The molecule has 0 aliphatic rings. The highest BCUT2D eigenvalue weighted by atomic mass is 35.5. The van der Waals surface area contributed by atoms with Gasteiger partial charge in [0.1, 0.15) is 0 Å². The maximum atomic E-state index is 9.13. The van der Waals surface area contributed by atoms with Crippen LogP contribution in [0.25, 0.3) is 0 Å². The summed E-state index contributed by atoms with van der Waals surface area (Å²) in [6.45, 7) is 0.446. The van der Waals surface area contributed by atoms with Crippen LogP contribution in [0, 0.1) is 0 Å². The Morgan fingerprint density at radius 2 is 2.00 bits per heavy atom. The summed E-state index contributed by atoms with van der Waals surface area (Å²) in [5, 5.41) is 21.4. The Morgan fingerprint density at radius 1 is 1.29 bits per heavy atom. The molecule has 78 valence electrons. The molecule has 0 spiro atoms. The van der Waals surface area contributed by atoms with Gasteiger partial charge < -0.3 is 15.5 Å². The standard InChI is InChI=1S/C10H14ClNO2/c11-9-4-2-1-3-8(9)10(7-14)12-5-6-13/h1-4,10,12-14H,5-7H2. The Hall–Kier alpha value is -0.610. The van der Waals surface area contributed by atoms with E-state index in [1.165, 1.54) is 0 Å². The highest BCUT2D eigenvalue weighted by Crippen LogP contribution is 2.21. The van der Waals surface area contributed by atoms with Crippen molar-refractivity contribution in [2.45, 2.75) is 6.04 Å². The molecule has 0 saturated carbocycles. The molecule has 0 amide bonds. The molecule has 0 heterocycles. The molecule has 0 aliphatic carbocycles. The van der Waals surface area contributed by atoms with Gasteiger partial charge in [0, 0.05) is 11.6 Å². The number of hydrogen-bond acceptors (Lipinski definition) is 3. The highest BCUT2D eigenvalue weighted by Gasteiger charge is 2.11. The van der Waals surface area contributed by atoms with Crippen molar-refractivity contribution in [3.63, 3.8) is 0 Å². The van der Waals surface area contributed by atoms with Gasteiger partial charge in [0.25, 0.3) is 0 Å². The molecule has 0 radical (unpaired) electrons. The van der Waals surface area contributed by atoms with E-state index >= 15 is 0 Å². The minimum Gasteiger partial charge on any atom is -0.395 e. The van der Waals surface area contributed by atoms with Crippen LogP contribution in [0.2, 0.25) is 5.02 Å². The van der Waals surface area contributed by atoms with Crippen LogP contribution in [0.15, 0.2) is 24.3 Å². The zero-order chi connectivity index (χ0) is 10.4. The van der Waals surface area contributed by atoms with Crippen molar-refractivity contribution in [2.75, 3.05) is 19.8 Å². The lowest BCUT2D eigenvalue weighted by molar-refractivity contribution is 0.227. The summed E-state index contributed by atoms with van der Waals surface area (Å²) in [5.74, 6) is 0. The van der Waals surface area contributed by atoms with E-state index in [0.717, 1.165) is 5.56 Å². The third-order valence-corrected chi connectivity index (χ3v) is 2.31. The smallest absolute Gasteiger partial charge is 0.0627 e. The molecule has 1 unspecified atom stereocenters. The van der Waals surface area contributed by atoms with E-state index in [1.54, 1.807) is 6.07 Å². The maximum absolute atomic E-state index is 9.13. The molecule has 0 aliphatic heterocycles. The number of hydrogen-bond donors (Lipinski definition) is 3. The molecular weight excluding hydrogens is 202 g/mol. The summed E-state index contributed by atoms with van der Waals surface area (Å²) in [7, 11) is 0. The first-order valence-electron chi connectivity index (χ1n) is 4.49. The lowest BCUT2D eigenvalue weighted by Crippen LogP contribution is -2.27. The number of benzene rings is 1. The summed E-state index contributed by atoms with van der Waals surface area (Å²) in [6.07, 6.45) is 0. The Kier molecular flexibility index (Phi) is 4.90. The Balaban J connectivity index is 2.73. The summed E-state index contributed by atoms with van der Waals surface area (Å²) in [5.41, 5.74) is 0.852. The van der Waals surface area contributed by atoms with Crippen LogP contribution in [-0.2, 0) is 0 Å². The van der Waals surface area contributed by atoms with Crippen molar-refractivity contribution < 1.29 is 10.2 Å². The van der Waals surface area contributed by atoms with Gasteiger partial charge in [-0.15, -0.1) is 0 Å². The van der Waals surface area contributed by atoms with Gasteiger partial charge in [0.05, 0.1) is 19.3 Å². The van der Waals surface area contributed by atoms with Gasteiger partial charge in [0.15, 0.2) is 0 Å². The molecule has 1 aromatic rings. The first-order valence-corrected chi connectivity index (χ1v) is 4.87. The predicted molar refractivity (Wildman–Crippen MR) is 56.4 cm³/mol. The summed E-state index contributed by atoms with van der Waals surface area (Å²) >= 11 is 5.96. The highest BCUT2D eigenvalue weighted by molar-refractivity contribution is 6.31. The molecule has 1 atom stereocenters. The molecule has 4 heteroatoms. The van der Waals surface area contributed by atoms with Crippen LogP contribution < -0.4 is 5.32 Å². The van der Waals surface area contributed by atoms with E-state index in [9.17, 15) is 0 Å². The van der Waals surface area contributed by atoms with Crippen LogP contribution in [0.1, 0.15) is 11.6 Å². The Labute approximate surface area is 88.3 Å². The normalized spacial score (nSPS) is 12.8. The first kappa shape index (κ1) is 11.5. The largest absolute Gasteiger partial charge is 0.395 e. The van der Waals surface area contributed by atoms with Gasteiger partial charge in [-0.1, -0.05) is 29.8 Å². The zero-order valence-corrected chi connectivity index (χ0v) is 8.54. The maximum Gasteiger partial charge on any atom is 0.0627 e. The second-order valence-electron chi connectivity index (χ2n) is 2.93. The van der Waals surface area contributed by atoms with Crippen LogP contribution in [0.3, 0.4) is 0 Å². The second kappa shape index (κ2) is 5.98. The SMILES string of the molecule is OCCNC(CO)c1ccccc1Cl. The number of nitrogens with one attached hydrogen (secondary N) is 1. The molecule has 0 fully saturated rings. The van der Waals surface area contributed by atoms with E-state index < -0.39 is 0 Å². The minimum absolute atomic E-state index is 0.0380. The molecule has 1 aromatic carbocycles. The van der Waals surface area contributed by atoms with Gasteiger partial charge in [-0.05, 0) is 11.6 Å². The van der Waals surface area contributed by atoms with E-state index in [-0.39, 0.29) is 19.3 Å². The summed E-state index contributed by atoms with van der Waals surface area (Å²) < 4.78 is 0. The Morgan fingerprint density at radius 3 is 2.57 bits per heavy atom. The third kappa shape index (κ3) is 2.96. The predicted octanol–water partition coefficient (Wildman–Crippen LogP) is 0.955. The molecule has 3 N–H and O–H groups in total. The molecule has 14 heavy (non-hydrogen) atoms. The average molecular weight is 216 g/mol. The first-order chi connectivity index (χ1) is 6.79. The van der Waals surface area contributed by atoms with Gasteiger partial charge in [-0.25, -0.2) is 0 Å². The lowest BCUT2D eigenvalue weighted by atomic mass is 10.1. The van der Waals surface area contributed by atoms with Crippen molar-refractivity contribution in [2.24, 2.45) is 0 Å². The van der Waals surface area contributed by atoms with Crippen molar-refractivity contribution in [1.29, 1.82) is 0 Å². The van der Waals surface area contributed by atoms with Crippen molar-refractivity contribution in [3.05, 3.63) is 34.9 Å². The summed E-state index contributed by atoms with van der Waals surface area (Å²) in [6, 6.07) is 7.13. The van der Waals surface area contributed by atoms with Crippen molar-refractivity contribution in [3.8, 4) is 0 Å². The van der Waals surface area contributed by atoms with Gasteiger partial charge in [-0.2, -0.15) is 0 Å². The zero-order valence-electron chi connectivity index (χ0n) is 7.78. The fourth-order valence-corrected chi connectivity index (χ4v) is 1.54. The molecule has 0 aromatic heterocycles. The number of rotatable bonds is 5. The van der Waals surface area contributed by atoms with E-state index in [1.807, 2.05) is 18.2 Å². The van der Waals surface area contributed by atoms with Crippen molar-refractivity contribution >= 4 is 11.6 Å². The third-order valence-electron chi connectivity index (χ3n) is 1.97. The second-order valence-corrected chi connectivity index (χ2v) is 3.34. The van der Waals surface area contributed by atoms with Gasteiger partial charge in [-0.3, -0.25) is 0 Å². The lowest BCUT2D eigenvalue weighted by Gasteiger charge is -2.17. The topological polar surface area (TPSA) is 52.5 Å². The van der Waals surface area contributed by atoms with Crippen LogP contribution in [0.5, 0.6) is 0 Å². The van der Waals surface area contributed by atoms with Gasteiger partial charge in [0.2, 0.25) is 0 Å². The van der Waals surface area contributed by atoms with E-state index in [0.29, 0.717) is 11.6 Å². The summed E-state index contributed by atoms with van der Waals surface area (Å²) in [4.78, 5) is 0. The quantitative estimate of drug-likeness (QED) is 0.686. The Bertz CT molecular complexity index is 281. The van der Waals surface area contributed by atoms with Crippen molar-refractivity contribution in [1.82, 2.24) is 5.32 Å². The van der Waals surface area contributed by atoms with Crippen LogP contribution in [-0.4, -0.2) is 30.0 Å². The molecule has 0 saturated heterocycles. The molecular formula is C10H14ClNO2. The molecule has 1 rings (SSSR count). The van der Waals surface area contributed by atoms with Crippen LogP contribution >= 0.6 is 11.6 Å². The average Bonchev–Trinajstić information content (AvgIpc) is 2.21. The number of aliphatic hydroxyl groups excluding tert-OH is 2. The number of aliphatic hydroxyl groups is 2. The fourth-order valence-electron chi connectivity index (χ4n) is 1.27. The minimum atomic E-state index is -0.212. The van der Waals surface area contributed by atoms with E-state index in [2.05, 4.69) is 5.32 Å². The number of halogens is 1. The van der Waals surface area contributed by atoms with Crippen LogP contribution in [0.4, 0.5) is 0 Å². The van der Waals surface area contributed by atoms with Gasteiger partial charge >= 0.3 is 0 Å². The monoisotopic (exact) mass is 215 g/mol.